The van der Waals surface area contributed by atoms with Crippen LogP contribution >= 0.6 is 11.3 Å². The first-order chi connectivity index (χ1) is 17.4. The number of aromatic nitrogens is 4. The molecule has 5 rings (SSSR count). The Kier molecular flexibility index (Phi) is 6.50. The summed E-state index contributed by atoms with van der Waals surface area (Å²) in [6.07, 6.45) is 2.71. The van der Waals surface area contributed by atoms with Crippen LogP contribution in [0.3, 0.4) is 0 Å². The van der Waals surface area contributed by atoms with Crippen molar-refractivity contribution in [1.29, 1.82) is 0 Å². The van der Waals surface area contributed by atoms with Gasteiger partial charge in [0.1, 0.15) is 5.75 Å². The largest absolute Gasteiger partial charge is 0.506 e. The summed E-state index contributed by atoms with van der Waals surface area (Å²) in [6.45, 7) is 3.17. The third-order valence-electron chi connectivity index (χ3n) is 5.74. The number of anilines is 3. The van der Waals surface area contributed by atoms with Gasteiger partial charge in [-0.25, -0.2) is 25.4 Å². The van der Waals surface area contributed by atoms with E-state index in [4.69, 9.17) is 25.6 Å². The molecule has 5 N–H and O–H groups in total. The van der Waals surface area contributed by atoms with Crippen LogP contribution in [-0.2, 0) is 11.3 Å². The Morgan fingerprint density at radius 3 is 2.67 bits per heavy atom. The van der Waals surface area contributed by atoms with Gasteiger partial charge in [0, 0.05) is 43.0 Å². The van der Waals surface area contributed by atoms with Crippen LogP contribution in [0, 0.1) is 0 Å². The van der Waals surface area contributed by atoms with Crippen molar-refractivity contribution in [1.82, 2.24) is 25.4 Å². The molecule has 186 valence electrons. The van der Waals surface area contributed by atoms with Gasteiger partial charge in [-0.2, -0.15) is 0 Å². The van der Waals surface area contributed by atoms with Crippen molar-refractivity contribution in [2.24, 2.45) is 0 Å². The van der Waals surface area contributed by atoms with Gasteiger partial charge in [0.15, 0.2) is 11.6 Å². The smallest absolute Gasteiger partial charge is 0.277 e. The molecule has 0 aliphatic carbocycles. The van der Waals surface area contributed by atoms with Gasteiger partial charge in [-0.05, 0) is 24.3 Å². The quantitative estimate of drug-likeness (QED) is 0.130. The fourth-order valence-electron chi connectivity index (χ4n) is 3.85. The second-order valence-electron chi connectivity index (χ2n) is 8.24. The molecule has 0 bridgehead atoms. The highest BCUT2D eigenvalue weighted by atomic mass is 32.1. The van der Waals surface area contributed by atoms with Gasteiger partial charge in [0.25, 0.3) is 5.91 Å². The average molecular weight is 509 g/mol. The number of hydrogen-bond acceptors (Lipinski definition) is 12. The van der Waals surface area contributed by atoms with Crippen molar-refractivity contribution in [3.63, 3.8) is 0 Å². The van der Waals surface area contributed by atoms with Crippen LogP contribution in [0.4, 0.5) is 17.5 Å². The highest BCUT2D eigenvalue weighted by Crippen LogP contribution is 2.36. The fraction of sp³-hybridized carbons (Fsp3) is 0.261. The Balaban J connectivity index is 1.49. The molecule has 1 aliphatic rings. The minimum absolute atomic E-state index is 0.0146. The maximum absolute atomic E-state index is 11.5. The van der Waals surface area contributed by atoms with Gasteiger partial charge >= 0.3 is 0 Å². The maximum atomic E-state index is 11.5. The predicted molar refractivity (Wildman–Crippen MR) is 135 cm³/mol. The lowest BCUT2D eigenvalue weighted by molar-refractivity contribution is 0.0705. The molecule has 0 saturated carbocycles. The lowest BCUT2D eigenvalue weighted by Gasteiger charge is -2.28. The molecule has 1 amide bonds. The van der Waals surface area contributed by atoms with E-state index in [1.807, 2.05) is 18.0 Å². The molecule has 1 saturated heterocycles. The van der Waals surface area contributed by atoms with Crippen LogP contribution in [0.1, 0.15) is 15.2 Å². The zero-order valence-electron chi connectivity index (χ0n) is 19.4. The number of aromatic hydroxyl groups is 1. The molecule has 0 spiro atoms. The van der Waals surface area contributed by atoms with Gasteiger partial charge in [-0.1, -0.05) is 0 Å². The van der Waals surface area contributed by atoms with E-state index in [9.17, 15) is 9.90 Å². The van der Waals surface area contributed by atoms with Gasteiger partial charge in [0.05, 0.1) is 41.2 Å². The number of nitrogens with one attached hydrogen (secondary N) is 1. The first-order valence-corrected chi connectivity index (χ1v) is 11.9. The predicted octanol–water partition coefficient (Wildman–Crippen LogP) is 2.03. The van der Waals surface area contributed by atoms with Gasteiger partial charge < -0.3 is 25.4 Å². The summed E-state index contributed by atoms with van der Waals surface area (Å²) in [5, 5.41) is 18.9. The molecule has 4 heterocycles. The number of benzene rings is 1. The number of nitrogens with two attached hydrogens (primary N) is 1. The van der Waals surface area contributed by atoms with Crippen molar-refractivity contribution in [2.45, 2.75) is 6.54 Å². The standard InChI is InChI=1S/C23H24N8O4S/c1-30(23-25-10-14(11-26-23)22(33)29-34)12-15-9-17-19(36-15)21(31-4-6-35-7-5-31)28-20(27-17)13-2-3-16(24)18(32)8-13/h2-3,8-11,32,34H,4-7,12,24H2,1H3,(H,29,33). The number of carbonyl (C=O) groups excluding carboxylic acids is 1. The number of hydrogen-bond donors (Lipinski definition) is 4. The first kappa shape index (κ1) is 23.7. The number of nitrogens with zero attached hydrogens (tertiary/aromatic N) is 6. The number of phenols is 1. The van der Waals surface area contributed by atoms with Crippen LogP contribution in [0.25, 0.3) is 21.6 Å². The zero-order chi connectivity index (χ0) is 25.2. The third-order valence-corrected chi connectivity index (χ3v) is 6.85. The molecular weight excluding hydrogens is 484 g/mol. The lowest BCUT2D eigenvalue weighted by Crippen LogP contribution is -2.36. The molecule has 3 aromatic heterocycles. The number of nitrogen functional groups attached to an aromatic ring is 1. The number of amides is 1. The highest BCUT2D eigenvalue weighted by molar-refractivity contribution is 7.19. The summed E-state index contributed by atoms with van der Waals surface area (Å²) in [4.78, 5) is 34.7. The van der Waals surface area contributed by atoms with Crippen molar-refractivity contribution in [3.05, 3.63) is 47.1 Å². The molecule has 0 unspecified atom stereocenters. The zero-order valence-corrected chi connectivity index (χ0v) is 20.2. The summed E-state index contributed by atoms with van der Waals surface area (Å²) in [5.74, 6) is 1.06. The Morgan fingerprint density at radius 2 is 1.97 bits per heavy atom. The second-order valence-corrected chi connectivity index (χ2v) is 9.38. The summed E-state index contributed by atoms with van der Waals surface area (Å²) in [6, 6.07) is 7.00. The van der Waals surface area contributed by atoms with E-state index in [-0.39, 0.29) is 11.3 Å². The van der Waals surface area contributed by atoms with Crippen molar-refractivity contribution in [3.8, 4) is 17.1 Å². The van der Waals surface area contributed by atoms with E-state index in [1.165, 1.54) is 12.4 Å². The van der Waals surface area contributed by atoms with Crippen molar-refractivity contribution in [2.75, 3.05) is 48.9 Å². The van der Waals surface area contributed by atoms with Gasteiger partial charge in [0.2, 0.25) is 5.95 Å². The molecule has 0 atom stereocenters. The molecule has 1 aromatic carbocycles. The molecule has 13 heteroatoms. The lowest BCUT2D eigenvalue weighted by atomic mass is 10.1. The average Bonchev–Trinajstić information content (AvgIpc) is 3.32. The van der Waals surface area contributed by atoms with E-state index in [2.05, 4.69) is 14.9 Å². The Hall–Kier alpha value is -4.07. The minimum atomic E-state index is -0.673. The van der Waals surface area contributed by atoms with Crippen LogP contribution in [-0.4, -0.2) is 69.5 Å². The van der Waals surface area contributed by atoms with E-state index in [0.717, 1.165) is 20.9 Å². The Bertz CT molecular complexity index is 1410. The summed E-state index contributed by atoms with van der Waals surface area (Å²) in [7, 11) is 1.85. The number of ether oxygens (including phenoxy) is 1. The number of morpholine rings is 1. The first-order valence-electron chi connectivity index (χ1n) is 11.1. The second kappa shape index (κ2) is 9.89. The monoisotopic (exact) mass is 508 g/mol. The minimum Gasteiger partial charge on any atom is -0.506 e. The normalized spacial score (nSPS) is 13.7. The molecular formula is C23H24N8O4S. The van der Waals surface area contributed by atoms with Gasteiger partial charge in [-0.3, -0.25) is 10.0 Å². The van der Waals surface area contributed by atoms with Crippen LogP contribution in [0.15, 0.2) is 36.7 Å². The summed E-state index contributed by atoms with van der Waals surface area (Å²) < 4.78 is 6.48. The number of hydroxylamine groups is 1. The molecule has 0 radical (unpaired) electrons. The molecule has 12 nitrogen and oxygen atoms in total. The molecule has 4 aromatic rings. The van der Waals surface area contributed by atoms with Crippen molar-refractivity contribution < 1.29 is 19.8 Å². The van der Waals surface area contributed by atoms with E-state index >= 15 is 0 Å². The number of carbonyl (C=O) groups is 1. The summed E-state index contributed by atoms with van der Waals surface area (Å²) in [5.41, 5.74) is 9.25. The maximum Gasteiger partial charge on any atom is 0.277 e. The van der Waals surface area contributed by atoms with Crippen LogP contribution in [0.2, 0.25) is 0 Å². The van der Waals surface area contributed by atoms with Crippen LogP contribution < -0.4 is 21.0 Å². The highest BCUT2D eigenvalue weighted by Gasteiger charge is 2.21. The number of rotatable bonds is 6. The fourth-order valence-corrected chi connectivity index (χ4v) is 5.01. The molecule has 1 aliphatic heterocycles. The van der Waals surface area contributed by atoms with Crippen LogP contribution in [0.5, 0.6) is 5.75 Å². The van der Waals surface area contributed by atoms with E-state index in [1.54, 1.807) is 35.0 Å². The number of thiophene rings is 1. The Morgan fingerprint density at radius 1 is 1.22 bits per heavy atom. The molecule has 36 heavy (non-hydrogen) atoms. The summed E-state index contributed by atoms with van der Waals surface area (Å²) >= 11 is 1.59. The van der Waals surface area contributed by atoms with Crippen molar-refractivity contribution >= 4 is 44.9 Å². The topological polar surface area (TPSA) is 163 Å². The Labute approximate surface area is 210 Å². The molecule has 1 fully saturated rings. The number of fused-ring (bicyclic) bond motifs is 1. The SMILES string of the molecule is CN(Cc1cc2nc(-c3ccc(N)c(O)c3)nc(N3CCOCC3)c2s1)c1ncc(C(=O)NO)cn1. The van der Waals surface area contributed by atoms with E-state index in [0.29, 0.717) is 55.9 Å². The van der Waals surface area contributed by atoms with Gasteiger partial charge in [-0.15, -0.1) is 11.3 Å². The third kappa shape index (κ3) is 4.71. The number of phenolic OH excluding ortho intramolecular Hbond substituents is 1. The van der Waals surface area contributed by atoms with E-state index < -0.39 is 5.91 Å².